The molecule has 15 heteroatoms. The number of ether oxygens (including phenoxy) is 1. The summed E-state index contributed by atoms with van der Waals surface area (Å²) in [4.78, 5) is 44.3. The lowest BCUT2D eigenvalue weighted by atomic mass is 9.96. The summed E-state index contributed by atoms with van der Waals surface area (Å²) in [6.45, 7) is 1.53. The first-order valence-corrected chi connectivity index (χ1v) is 12.2. The molecule has 0 bridgehead atoms. The van der Waals surface area contributed by atoms with E-state index in [0.717, 1.165) is 13.2 Å². The van der Waals surface area contributed by atoms with Gasteiger partial charge in [-0.25, -0.2) is 4.98 Å². The largest absolute Gasteiger partial charge is 0.468 e. The molecule has 0 spiro atoms. The van der Waals surface area contributed by atoms with Crippen molar-refractivity contribution in [1.82, 2.24) is 9.97 Å². The number of fused-ring (bicyclic) bond motifs is 1. The fourth-order valence-corrected chi connectivity index (χ4v) is 4.38. The Labute approximate surface area is 214 Å². The topological polar surface area (TPSA) is 194 Å². The molecule has 36 heavy (non-hydrogen) atoms. The van der Waals surface area contributed by atoms with Crippen LogP contribution in [0.3, 0.4) is 0 Å². The smallest absolute Gasteiger partial charge is 0.315 e. The van der Waals surface area contributed by atoms with Gasteiger partial charge in [-0.2, -0.15) is 13.5 Å². The number of hydrogen-bond donors (Lipinski definition) is 4. The number of aromatic amines is 1. The van der Waals surface area contributed by atoms with E-state index in [-0.39, 0.29) is 16.4 Å². The number of rotatable bonds is 7. The van der Waals surface area contributed by atoms with Crippen LogP contribution in [0, 0.1) is 12.8 Å². The molecule has 5 N–H and O–H groups in total. The average molecular weight is 556 g/mol. The number of esters is 1. The highest BCUT2D eigenvalue weighted by Gasteiger charge is 2.33. The van der Waals surface area contributed by atoms with E-state index in [1.165, 1.54) is 19.1 Å². The van der Waals surface area contributed by atoms with E-state index in [1.54, 1.807) is 12.1 Å². The number of anilines is 1. The number of nitrogens with one attached hydrogen (secondary N) is 2. The molecule has 0 aliphatic carbocycles. The molecule has 0 unspecified atom stereocenters. The van der Waals surface area contributed by atoms with Crippen LogP contribution in [0.2, 0.25) is 10.0 Å². The average Bonchev–Trinajstić information content (AvgIpc) is 2.80. The van der Waals surface area contributed by atoms with Crippen molar-refractivity contribution >= 4 is 67.6 Å². The van der Waals surface area contributed by atoms with Gasteiger partial charge in [0.2, 0.25) is 0 Å². The van der Waals surface area contributed by atoms with Gasteiger partial charge in [0, 0.05) is 16.5 Å². The molecule has 190 valence electrons. The summed E-state index contributed by atoms with van der Waals surface area (Å²) >= 11 is 11.9. The number of hydrogen-bond acceptors (Lipinski definition) is 9. The van der Waals surface area contributed by atoms with Crippen molar-refractivity contribution in [3.05, 3.63) is 62.0 Å². The van der Waals surface area contributed by atoms with Gasteiger partial charge >= 0.3 is 5.97 Å². The number of halogens is 2. The highest BCUT2D eigenvalue weighted by atomic mass is 35.5. The summed E-state index contributed by atoms with van der Waals surface area (Å²) in [6, 6.07) is 6.75. The van der Waals surface area contributed by atoms with Gasteiger partial charge in [-0.05, 0) is 42.8 Å². The minimum absolute atomic E-state index is 0.0173. The molecule has 0 fully saturated rings. The summed E-state index contributed by atoms with van der Waals surface area (Å²) in [5.74, 6) is 1.85. The van der Waals surface area contributed by atoms with E-state index in [4.69, 9.17) is 33.8 Å². The van der Waals surface area contributed by atoms with Crippen LogP contribution in [0.15, 0.2) is 45.1 Å². The molecule has 1 amide bonds. The van der Waals surface area contributed by atoms with Gasteiger partial charge in [0.05, 0.1) is 23.8 Å². The van der Waals surface area contributed by atoms with E-state index < -0.39 is 50.5 Å². The van der Waals surface area contributed by atoms with Crippen molar-refractivity contribution in [2.75, 3.05) is 12.4 Å². The third-order valence-electron chi connectivity index (χ3n) is 5.10. The molecule has 0 saturated carbocycles. The molecule has 0 radical (unpaired) electrons. The third-order valence-corrected chi connectivity index (χ3v) is 6.63. The molecule has 12 nitrogen and oxygen atoms in total. The monoisotopic (exact) mass is 555 g/mol. The fourth-order valence-electron chi connectivity index (χ4n) is 3.33. The quantitative estimate of drug-likeness (QED) is 0.111. The van der Waals surface area contributed by atoms with Crippen LogP contribution in [-0.2, 0) is 30.9 Å². The van der Waals surface area contributed by atoms with Crippen LogP contribution in [0.4, 0.5) is 5.69 Å². The van der Waals surface area contributed by atoms with Gasteiger partial charge in [-0.15, -0.1) is 0 Å². The highest BCUT2D eigenvalue weighted by molar-refractivity contribution is 7.86. The number of amides is 1. The van der Waals surface area contributed by atoms with Gasteiger partial charge < -0.3 is 20.9 Å². The minimum Gasteiger partial charge on any atom is -0.468 e. The molecule has 1 atom stereocenters. The number of nitrogens with two attached hydrogens (primary N) is 1. The number of aromatic nitrogens is 2. The Hall–Kier alpha value is -3.52. The molecule has 3 aromatic rings. The summed E-state index contributed by atoms with van der Waals surface area (Å²) in [5.41, 5.74) is -0.620. The first kappa shape index (κ1) is 27.1. The molecule has 1 heterocycles. The summed E-state index contributed by atoms with van der Waals surface area (Å²) in [5, 5.41) is 6.04. The second kappa shape index (κ2) is 10.6. The van der Waals surface area contributed by atoms with Gasteiger partial charge in [0.25, 0.3) is 21.6 Å². The Morgan fingerprint density at radius 2 is 1.97 bits per heavy atom. The second-order valence-electron chi connectivity index (χ2n) is 7.50. The van der Waals surface area contributed by atoms with Crippen LogP contribution >= 0.6 is 23.2 Å². The number of H-pyrrole nitrogens is 1. The Kier molecular flexibility index (Phi) is 7.99. The van der Waals surface area contributed by atoms with Crippen molar-refractivity contribution in [3.8, 4) is 0 Å². The molecule has 1 aromatic heterocycles. The predicted molar refractivity (Wildman–Crippen MR) is 133 cm³/mol. The Morgan fingerprint density at radius 1 is 1.28 bits per heavy atom. The molecule has 0 aliphatic rings. The van der Waals surface area contributed by atoms with Crippen LogP contribution < -0.4 is 16.7 Å². The Bertz CT molecular complexity index is 1570. The lowest BCUT2D eigenvalue weighted by Crippen LogP contribution is -2.38. The number of hydrazone groups is 1. The van der Waals surface area contributed by atoms with Crippen molar-refractivity contribution in [1.29, 1.82) is 0 Å². The summed E-state index contributed by atoms with van der Waals surface area (Å²) in [6.07, 6.45) is -0.436. The highest BCUT2D eigenvalue weighted by Crippen LogP contribution is 2.29. The standard InChI is InChI=1S/C21H19Cl2N5O7S/c1-9-5-15(17(8-12(9)23)36(32,33)34)27-20(30)18(28-24)11(21(31)35-2)7-16-19(29)26-14-6-10(22)3-4-13(14)25-16/h3-6,8,11H,7,24H2,1-2H3,(H,26,29)(H,27,30)(H,32,33,34)/b28-18-/t11-/m0/s1. The zero-order chi connectivity index (χ0) is 26.8. The number of benzene rings is 2. The Balaban J connectivity index is 2.01. The normalized spacial score (nSPS) is 12.9. The van der Waals surface area contributed by atoms with Gasteiger partial charge in [0.1, 0.15) is 22.2 Å². The van der Waals surface area contributed by atoms with Crippen LogP contribution in [0.5, 0.6) is 0 Å². The van der Waals surface area contributed by atoms with Crippen molar-refractivity contribution in [3.63, 3.8) is 0 Å². The molecular weight excluding hydrogens is 537 g/mol. The second-order valence-corrected chi connectivity index (χ2v) is 9.73. The van der Waals surface area contributed by atoms with Gasteiger partial charge in [0.15, 0.2) is 0 Å². The number of methoxy groups -OCH3 is 1. The molecule has 0 saturated heterocycles. The molecule has 3 rings (SSSR count). The SMILES string of the molecule is COC(=O)[C@@H](Cc1nc2ccc(Cl)cc2[nH]c1=O)/C(=N/N)C(=O)Nc1cc(C)c(Cl)cc1S(=O)(=O)O. The maximum Gasteiger partial charge on any atom is 0.315 e. The van der Waals surface area contributed by atoms with E-state index in [0.29, 0.717) is 21.6 Å². The maximum absolute atomic E-state index is 13.0. The zero-order valence-corrected chi connectivity index (χ0v) is 21.0. The van der Waals surface area contributed by atoms with Gasteiger partial charge in [-0.1, -0.05) is 23.2 Å². The number of carbonyl (C=O) groups is 2. The van der Waals surface area contributed by atoms with Crippen molar-refractivity contribution < 1.29 is 27.3 Å². The number of carbonyl (C=O) groups excluding carboxylic acids is 2. The first-order chi connectivity index (χ1) is 16.8. The van der Waals surface area contributed by atoms with E-state index in [9.17, 15) is 27.4 Å². The zero-order valence-electron chi connectivity index (χ0n) is 18.7. The first-order valence-electron chi connectivity index (χ1n) is 9.98. The van der Waals surface area contributed by atoms with Crippen molar-refractivity contribution in [2.24, 2.45) is 16.9 Å². The fraction of sp³-hybridized carbons (Fsp3) is 0.190. The summed E-state index contributed by atoms with van der Waals surface area (Å²) < 4.78 is 37.9. The van der Waals surface area contributed by atoms with Crippen molar-refractivity contribution in [2.45, 2.75) is 18.2 Å². The molecular formula is C21H19Cl2N5O7S. The van der Waals surface area contributed by atoms with E-state index in [1.807, 2.05) is 0 Å². The lowest BCUT2D eigenvalue weighted by Gasteiger charge is -2.17. The predicted octanol–water partition coefficient (Wildman–Crippen LogP) is 2.07. The molecule has 0 aliphatic heterocycles. The van der Waals surface area contributed by atoms with Crippen LogP contribution in [0.1, 0.15) is 11.3 Å². The number of aryl methyl sites for hydroxylation is 1. The minimum atomic E-state index is -4.80. The van der Waals surface area contributed by atoms with E-state index in [2.05, 4.69) is 20.4 Å². The lowest BCUT2D eigenvalue weighted by molar-refractivity contribution is -0.143. The maximum atomic E-state index is 13.0. The van der Waals surface area contributed by atoms with E-state index >= 15 is 0 Å². The Morgan fingerprint density at radius 3 is 2.58 bits per heavy atom. The molecule has 2 aromatic carbocycles. The van der Waals surface area contributed by atoms with Gasteiger partial charge in [-0.3, -0.25) is 18.9 Å². The van der Waals surface area contributed by atoms with Crippen LogP contribution in [-0.4, -0.2) is 47.6 Å². The third kappa shape index (κ3) is 5.82. The van der Waals surface area contributed by atoms with Crippen LogP contribution in [0.25, 0.3) is 11.0 Å². The summed E-state index contributed by atoms with van der Waals surface area (Å²) in [7, 11) is -3.74. The number of nitrogens with zero attached hydrogens (tertiary/aromatic N) is 2.